The van der Waals surface area contributed by atoms with E-state index in [0.29, 0.717) is 30.4 Å². The number of carbonyl (C=O) groups is 2. The molecule has 1 amide bonds. The van der Waals surface area contributed by atoms with Gasteiger partial charge in [-0.1, -0.05) is 11.8 Å². The van der Waals surface area contributed by atoms with Crippen molar-refractivity contribution in [2.75, 3.05) is 30.1 Å². The van der Waals surface area contributed by atoms with E-state index in [4.69, 9.17) is 15.3 Å². The number of thioether (sulfide) groups is 1. The molecule has 1 aliphatic rings. The van der Waals surface area contributed by atoms with Crippen molar-refractivity contribution < 1.29 is 24.2 Å². The molecule has 0 saturated heterocycles. The van der Waals surface area contributed by atoms with E-state index in [1.807, 2.05) is 0 Å². The zero-order valence-electron chi connectivity index (χ0n) is 14.5. The molecular weight excluding hydrogens is 390 g/mol. The maximum absolute atomic E-state index is 12.1. The molecule has 0 spiro atoms. The lowest BCUT2D eigenvalue weighted by Gasteiger charge is -2.19. The van der Waals surface area contributed by atoms with Gasteiger partial charge in [0.2, 0.25) is 11.1 Å². The average Bonchev–Trinajstić information content (AvgIpc) is 2.68. The van der Waals surface area contributed by atoms with Gasteiger partial charge in [-0.15, -0.1) is 10.2 Å². The van der Waals surface area contributed by atoms with Crippen molar-refractivity contribution in [1.29, 1.82) is 0 Å². The summed E-state index contributed by atoms with van der Waals surface area (Å²) in [6.07, 6.45) is -0.505. The van der Waals surface area contributed by atoms with Crippen LogP contribution in [0.5, 0.6) is 11.5 Å². The van der Waals surface area contributed by atoms with Gasteiger partial charge >= 0.3 is 0 Å². The average molecular weight is 406 g/mol. The number of nitrogens with two attached hydrogens (primary N) is 1. The number of aromatic nitrogens is 3. The molecule has 0 bridgehead atoms. The van der Waals surface area contributed by atoms with E-state index in [2.05, 4.69) is 15.5 Å². The minimum atomic E-state index is -1.31. The highest BCUT2D eigenvalue weighted by Crippen LogP contribution is 2.32. The quantitative estimate of drug-likeness (QED) is 0.410. The molecule has 148 valence electrons. The molecule has 0 atom stereocenters. The van der Waals surface area contributed by atoms with Crippen LogP contribution < -0.4 is 31.3 Å². The fraction of sp³-hybridized carbons (Fsp3) is 0.312. The number of hydrogen-bond acceptors (Lipinski definition) is 10. The van der Waals surface area contributed by atoms with E-state index in [9.17, 15) is 19.5 Å². The highest BCUT2D eigenvalue weighted by atomic mass is 32.2. The van der Waals surface area contributed by atoms with Crippen LogP contribution in [-0.4, -0.2) is 45.7 Å². The van der Waals surface area contributed by atoms with Crippen LogP contribution in [0, 0.1) is 0 Å². The molecule has 11 nitrogen and oxygen atoms in total. The Balaban J connectivity index is 1.59. The Bertz CT molecular complexity index is 963. The predicted molar refractivity (Wildman–Crippen MR) is 96.6 cm³/mol. The van der Waals surface area contributed by atoms with Gasteiger partial charge in [0.25, 0.3) is 5.56 Å². The first-order valence-electron chi connectivity index (χ1n) is 8.20. The molecule has 0 saturated carbocycles. The van der Waals surface area contributed by atoms with Crippen LogP contribution in [0.15, 0.2) is 28.2 Å². The third kappa shape index (κ3) is 4.71. The number of nitrogen functional groups attached to an aromatic ring is 1. The standard InChI is InChI=1S/C16H17N5O6S/c17-21-15(25)10(2-4-14(23)24)19-20-16(21)28-8-13(22)18-9-1-3-11-12(7-9)27-6-5-26-11/h1,3,7H,2,4-6,8,17H2,(H,18,22)(H,23,24)/p-1. The largest absolute Gasteiger partial charge is 0.550 e. The number of ether oxygens (including phenoxy) is 2. The molecule has 0 unspecified atom stereocenters. The Hall–Kier alpha value is -3.28. The van der Waals surface area contributed by atoms with Crippen molar-refractivity contribution in [3.63, 3.8) is 0 Å². The number of carboxylic acid groups (broad SMARTS) is 1. The van der Waals surface area contributed by atoms with Crippen molar-refractivity contribution in [2.45, 2.75) is 18.0 Å². The van der Waals surface area contributed by atoms with Gasteiger partial charge in [0.05, 0.1) is 5.75 Å². The first-order chi connectivity index (χ1) is 13.4. The van der Waals surface area contributed by atoms with Crippen LogP contribution in [0.1, 0.15) is 12.1 Å². The zero-order valence-corrected chi connectivity index (χ0v) is 15.4. The zero-order chi connectivity index (χ0) is 20.1. The van der Waals surface area contributed by atoms with Crippen LogP contribution in [0.25, 0.3) is 0 Å². The summed E-state index contributed by atoms with van der Waals surface area (Å²) in [7, 11) is 0. The summed E-state index contributed by atoms with van der Waals surface area (Å²) in [6.45, 7) is 0.912. The van der Waals surface area contributed by atoms with Gasteiger partial charge in [0.1, 0.15) is 18.9 Å². The molecule has 0 radical (unpaired) electrons. The number of rotatable bonds is 7. The monoisotopic (exact) mass is 406 g/mol. The third-order valence-corrected chi connectivity index (χ3v) is 4.60. The Labute approximate surface area is 162 Å². The Kier molecular flexibility index (Phi) is 5.99. The second kappa shape index (κ2) is 8.61. The van der Waals surface area contributed by atoms with E-state index < -0.39 is 11.5 Å². The lowest BCUT2D eigenvalue weighted by molar-refractivity contribution is -0.305. The number of nitrogens with zero attached hydrogens (tertiary/aromatic N) is 3. The smallest absolute Gasteiger partial charge is 0.294 e. The Morgan fingerprint density at radius 2 is 2.00 bits per heavy atom. The first-order valence-corrected chi connectivity index (χ1v) is 9.18. The van der Waals surface area contributed by atoms with Crippen LogP contribution >= 0.6 is 11.8 Å². The van der Waals surface area contributed by atoms with Crippen molar-refractivity contribution in [3.05, 3.63) is 34.2 Å². The number of amides is 1. The topological polar surface area (TPSA) is 161 Å². The van der Waals surface area contributed by atoms with Gasteiger partial charge in [0.15, 0.2) is 11.5 Å². The summed E-state index contributed by atoms with van der Waals surface area (Å²) in [4.78, 5) is 34.7. The van der Waals surface area contributed by atoms with E-state index in [0.717, 1.165) is 16.4 Å². The third-order valence-electron chi connectivity index (χ3n) is 3.65. The molecule has 3 N–H and O–H groups in total. The highest BCUT2D eigenvalue weighted by Gasteiger charge is 2.15. The molecule has 0 aliphatic carbocycles. The van der Waals surface area contributed by atoms with Crippen LogP contribution in [0.4, 0.5) is 5.69 Å². The van der Waals surface area contributed by atoms with Gasteiger partial charge in [-0.2, -0.15) is 4.68 Å². The van der Waals surface area contributed by atoms with Crippen LogP contribution in [0.2, 0.25) is 0 Å². The van der Waals surface area contributed by atoms with Crippen LogP contribution in [0.3, 0.4) is 0 Å². The molecule has 2 heterocycles. The summed E-state index contributed by atoms with van der Waals surface area (Å²) < 4.78 is 11.6. The number of carboxylic acids is 1. The van der Waals surface area contributed by atoms with Crippen molar-refractivity contribution in [1.82, 2.24) is 14.9 Å². The number of carbonyl (C=O) groups excluding carboxylic acids is 2. The molecule has 1 aromatic carbocycles. The van der Waals surface area contributed by atoms with E-state index in [1.165, 1.54) is 0 Å². The predicted octanol–water partition coefficient (Wildman–Crippen LogP) is -1.46. The summed E-state index contributed by atoms with van der Waals surface area (Å²) >= 11 is 0.918. The van der Waals surface area contributed by atoms with Gasteiger partial charge in [0, 0.05) is 24.1 Å². The van der Waals surface area contributed by atoms with Gasteiger partial charge in [-0.25, -0.2) is 0 Å². The second-order valence-electron chi connectivity index (χ2n) is 5.67. The number of fused-ring (bicyclic) bond motifs is 1. The fourth-order valence-electron chi connectivity index (χ4n) is 2.34. The summed E-state index contributed by atoms with van der Waals surface area (Å²) in [5.74, 6) is 5.09. The van der Waals surface area contributed by atoms with E-state index >= 15 is 0 Å². The SMILES string of the molecule is Nn1c(SCC(=O)Nc2ccc3c(c2)OCCO3)nnc(CCC(=O)[O-])c1=O. The van der Waals surface area contributed by atoms with Crippen molar-refractivity contribution in [2.24, 2.45) is 0 Å². The van der Waals surface area contributed by atoms with Gasteiger partial charge in [-0.3, -0.25) is 9.59 Å². The fourth-order valence-corrected chi connectivity index (χ4v) is 3.00. The maximum Gasteiger partial charge on any atom is 0.294 e. The molecule has 0 fully saturated rings. The minimum absolute atomic E-state index is 0.0273. The number of nitrogens with one attached hydrogen (secondary N) is 1. The maximum atomic E-state index is 12.1. The summed E-state index contributed by atoms with van der Waals surface area (Å²) in [6, 6.07) is 5.04. The Morgan fingerprint density at radius 1 is 1.25 bits per heavy atom. The first kappa shape index (κ1) is 19.5. The van der Waals surface area contributed by atoms with Gasteiger partial charge in [-0.05, 0) is 18.6 Å². The van der Waals surface area contributed by atoms with E-state index in [1.54, 1.807) is 18.2 Å². The second-order valence-corrected chi connectivity index (χ2v) is 6.61. The van der Waals surface area contributed by atoms with Crippen LogP contribution in [-0.2, 0) is 16.0 Å². The lowest BCUT2D eigenvalue weighted by atomic mass is 10.2. The number of aliphatic carboxylic acids is 1. The summed E-state index contributed by atoms with van der Waals surface area (Å²) in [5, 5.41) is 20.7. The minimum Gasteiger partial charge on any atom is -0.550 e. The normalized spacial score (nSPS) is 12.4. The summed E-state index contributed by atoms with van der Waals surface area (Å²) in [5.41, 5.74) is -0.230. The van der Waals surface area contributed by atoms with Crippen molar-refractivity contribution in [3.8, 4) is 11.5 Å². The molecule has 28 heavy (non-hydrogen) atoms. The number of benzene rings is 1. The number of anilines is 1. The highest BCUT2D eigenvalue weighted by molar-refractivity contribution is 7.99. The number of hydrogen-bond donors (Lipinski definition) is 2. The molecule has 1 aromatic heterocycles. The molecular formula is C16H16N5O6S-. The molecule has 3 rings (SSSR count). The lowest BCUT2D eigenvalue weighted by Crippen LogP contribution is -2.34. The Morgan fingerprint density at radius 3 is 2.75 bits per heavy atom. The van der Waals surface area contributed by atoms with E-state index in [-0.39, 0.29) is 35.4 Å². The molecule has 12 heteroatoms. The van der Waals surface area contributed by atoms with Gasteiger partial charge < -0.3 is 30.5 Å². The number of aryl methyl sites for hydroxylation is 1. The molecule has 1 aliphatic heterocycles. The molecule has 2 aromatic rings. The van der Waals surface area contributed by atoms with Crippen molar-refractivity contribution >= 4 is 29.3 Å².